The number of allylic oxidation sites excluding steroid dienone is 2. The van der Waals surface area contributed by atoms with Gasteiger partial charge in [-0.15, -0.1) is 0 Å². The number of carbonyl (C=O) groups is 1. The third-order valence-electron chi connectivity index (χ3n) is 5.22. The topological polar surface area (TPSA) is 80.6 Å². The van der Waals surface area contributed by atoms with E-state index in [1.165, 1.54) is 10.5 Å². The molecule has 2 heterocycles. The zero-order chi connectivity index (χ0) is 20.4. The summed E-state index contributed by atoms with van der Waals surface area (Å²) in [6.45, 7) is 2.67. The van der Waals surface area contributed by atoms with Gasteiger partial charge in [0.15, 0.2) is 11.5 Å². The van der Waals surface area contributed by atoms with E-state index in [0.717, 1.165) is 22.6 Å². The van der Waals surface area contributed by atoms with E-state index < -0.39 is 5.54 Å². The first-order chi connectivity index (χ1) is 14.0. The van der Waals surface area contributed by atoms with Crippen LogP contribution < -0.4 is 10.6 Å². The van der Waals surface area contributed by atoms with Crippen molar-refractivity contribution < 1.29 is 4.79 Å². The first kappa shape index (κ1) is 18.7. The first-order valence-corrected chi connectivity index (χ1v) is 9.48. The Bertz CT molecular complexity index is 1050. The van der Waals surface area contributed by atoms with Gasteiger partial charge in [-0.2, -0.15) is 0 Å². The number of hydrogen-bond donors (Lipinski definition) is 3. The molecule has 2 aromatic rings. The molecule has 1 atom stereocenters. The van der Waals surface area contributed by atoms with E-state index in [0.29, 0.717) is 6.54 Å². The average Bonchev–Trinajstić information content (AvgIpc) is 2.87. The third kappa shape index (κ3) is 3.33. The number of likely N-dealkylation sites (N-methyl/N-ethyl adjacent to an activating group) is 1. The van der Waals surface area contributed by atoms with Crippen LogP contribution >= 0.6 is 0 Å². The van der Waals surface area contributed by atoms with Crippen molar-refractivity contribution in [1.82, 2.24) is 10.2 Å². The highest BCUT2D eigenvalue weighted by Crippen LogP contribution is 2.36. The number of hydrogen-bond acceptors (Lipinski definition) is 4. The molecule has 0 aromatic heterocycles. The SMILES string of the molecule is CC1=CCN=C(Nc2cccc(C3(c4ccccc4)NC(=N)N(C)C3=O)c2)C=C1. The summed E-state index contributed by atoms with van der Waals surface area (Å²) in [4.78, 5) is 19.2. The molecule has 1 unspecified atom stereocenters. The van der Waals surface area contributed by atoms with E-state index in [-0.39, 0.29) is 11.9 Å². The van der Waals surface area contributed by atoms with Crippen LogP contribution in [0, 0.1) is 5.41 Å². The molecular weight excluding hydrogens is 362 g/mol. The second-order valence-electron chi connectivity index (χ2n) is 7.17. The molecule has 0 spiro atoms. The standard InChI is InChI=1S/C23H23N5O/c1-16-11-12-20(25-14-13-16)26-19-10-6-9-18(15-19)23(17-7-4-3-5-8-17)21(29)28(2)22(24)27-23/h3-13,15H,14H2,1-2H3,(H2,24,27)(H,25,26). The van der Waals surface area contributed by atoms with Crippen molar-refractivity contribution in [3.8, 4) is 0 Å². The Morgan fingerprint density at radius 3 is 2.59 bits per heavy atom. The fraction of sp³-hybridized carbons (Fsp3) is 0.174. The Morgan fingerprint density at radius 1 is 1.10 bits per heavy atom. The molecule has 29 heavy (non-hydrogen) atoms. The van der Waals surface area contributed by atoms with Crippen LogP contribution in [-0.2, 0) is 10.3 Å². The molecule has 2 aliphatic rings. The van der Waals surface area contributed by atoms with Crippen LogP contribution in [-0.4, -0.2) is 36.2 Å². The van der Waals surface area contributed by atoms with Gasteiger partial charge in [-0.25, -0.2) is 0 Å². The van der Waals surface area contributed by atoms with Crippen LogP contribution in [0.5, 0.6) is 0 Å². The number of amides is 1. The zero-order valence-electron chi connectivity index (χ0n) is 16.4. The fourth-order valence-electron chi connectivity index (χ4n) is 3.59. The van der Waals surface area contributed by atoms with Gasteiger partial charge in [-0.1, -0.05) is 60.2 Å². The molecule has 2 aromatic carbocycles. The highest BCUT2D eigenvalue weighted by atomic mass is 16.2. The molecule has 4 rings (SSSR count). The van der Waals surface area contributed by atoms with Crippen LogP contribution in [0.25, 0.3) is 0 Å². The van der Waals surface area contributed by atoms with E-state index in [2.05, 4.69) is 21.7 Å². The molecule has 6 nitrogen and oxygen atoms in total. The van der Waals surface area contributed by atoms with Crippen molar-refractivity contribution in [3.63, 3.8) is 0 Å². The summed E-state index contributed by atoms with van der Waals surface area (Å²) < 4.78 is 0. The van der Waals surface area contributed by atoms with Crippen molar-refractivity contribution >= 4 is 23.4 Å². The lowest BCUT2D eigenvalue weighted by Gasteiger charge is -2.28. The Kier molecular flexibility index (Phi) is 4.76. The highest BCUT2D eigenvalue weighted by Gasteiger charge is 2.51. The molecule has 1 saturated heterocycles. The largest absolute Gasteiger partial charge is 0.341 e. The van der Waals surface area contributed by atoms with Gasteiger partial charge in [0, 0.05) is 12.7 Å². The van der Waals surface area contributed by atoms with Crippen molar-refractivity contribution in [3.05, 3.63) is 89.5 Å². The van der Waals surface area contributed by atoms with E-state index >= 15 is 0 Å². The molecule has 146 valence electrons. The molecule has 0 radical (unpaired) electrons. The third-order valence-corrected chi connectivity index (χ3v) is 5.22. The summed E-state index contributed by atoms with van der Waals surface area (Å²) >= 11 is 0. The Balaban J connectivity index is 1.75. The van der Waals surface area contributed by atoms with Gasteiger partial charge in [0.25, 0.3) is 5.91 Å². The summed E-state index contributed by atoms with van der Waals surface area (Å²) in [5, 5.41) is 14.6. The second-order valence-corrected chi connectivity index (χ2v) is 7.17. The van der Waals surface area contributed by atoms with Crippen molar-refractivity contribution in [2.45, 2.75) is 12.5 Å². The molecule has 6 heteroatoms. The summed E-state index contributed by atoms with van der Waals surface area (Å²) in [7, 11) is 1.62. The quantitative estimate of drug-likeness (QED) is 0.759. The minimum atomic E-state index is -1.13. The minimum absolute atomic E-state index is 0.0786. The lowest BCUT2D eigenvalue weighted by molar-refractivity contribution is -0.129. The average molecular weight is 385 g/mol. The van der Waals surface area contributed by atoms with Gasteiger partial charge in [0.1, 0.15) is 5.84 Å². The van der Waals surface area contributed by atoms with Gasteiger partial charge in [-0.3, -0.25) is 20.1 Å². The van der Waals surface area contributed by atoms with Gasteiger partial charge in [0.05, 0.1) is 6.54 Å². The van der Waals surface area contributed by atoms with Gasteiger partial charge in [-0.05, 0) is 36.3 Å². The number of amidine groups is 1. The molecular formula is C23H23N5O. The monoisotopic (exact) mass is 385 g/mol. The number of aliphatic imine (C=N–C) groups is 1. The van der Waals surface area contributed by atoms with E-state index in [1.54, 1.807) is 7.05 Å². The smallest absolute Gasteiger partial charge is 0.264 e. The van der Waals surface area contributed by atoms with Crippen molar-refractivity contribution in [2.75, 3.05) is 18.9 Å². The fourth-order valence-corrected chi connectivity index (χ4v) is 3.59. The maximum absolute atomic E-state index is 13.3. The predicted molar refractivity (Wildman–Crippen MR) is 116 cm³/mol. The lowest BCUT2D eigenvalue weighted by atomic mass is 9.82. The summed E-state index contributed by atoms with van der Waals surface area (Å²) in [5.74, 6) is 0.659. The maximum atomic E-state index is 13.3. The molecule has 0 aliphatic carbocycles. The van der Waals surface area contributed by atoms with Crippen molar-refractivity contribution in [1.29, 1.82) is 5.41 Å². The molecule has 3 N–H and O–H groups in total. The number of nitrogens with zero attached hydrogens (tertiary/aromatic N) is 2. The van der Waals surface area contributed by atoms with E-state index in [1.807, 2.05) is 73.7 Å². The number of carbonyl (C=O) groups excluding carboxylic acids is 1. The van der Waals surface area contributed by atoms with E-state index in [9.17, 15) is 4.79 Å². The van der Waals surface area contributed by atoms with Gasteiger partial charge >= 0.3 is 0 Å². The Labute approximate surface area is 170 Å². The molecule has 2 aliphatic heterocycles. The maximum Gasteiger partial charge on any atom is 0.264 e. The van der Waals surface area contributed by atoms with Gasteiger partial charge in [0.2, 0.25) is 0 Å². The number of nitrogens with one attached hydrogen (secondary N) is 3. The highest BCUT2D eigenvalue weighted by molar-refractivity contribution is 6.10. The number of rotatable bonds is 3. The summed E-state index contributed by atoms with van der Waals surface area (Å²) in [6, 6.07) is 17.2. The molecule has 1 fully saturated rings. The van der Waals surface area contributed by atoms with Crippen LogP contribution in [0.1, 0.15) is 18.1 Å². The molecule has 0 saturated carbocycles. The van der Waals surface area contributed by atoms with Crippen molar-refractivity contribution in [2.24, 2.45) is 4.99 Å². The lowest BCUT2D eigenvalue weighted by Crippen LogP contribution is -2.45. The zero-order valence-corrected chi connectivity index (χ0v) is 16.4. The normalized spacial score (nSPS) is 21.4. The molecule has 1 amide bonds. The minimum Gasteiger partial charge on any atom is -0.341 e. The first-order valence-electron chi connectivity index (χ1n) is 9.48. The summed E-state index contributed by atoms with van der Waals surface area (Å²) in [6.07, 6.45) is 6.03. The van der Waals surface area contributed by atoms with Gasteiger partial charge < -0.3 is 10.6 Å². The number of anilines is 1. The van der Waals surface area contributed by atoms with Crippen LogP contribution in [0.2, 0.25) is 0 Å². The number of guanidine groups is 1. The molecule has 0 bridgehead atoms. The predicted octanol–water partition coefficient (Wildman–Crippen LogP) is 3.25. The second kappa shape index (κ2) is 7.39. The van der Waals surface area contributed by atoms with Crippen LogP contribution in [0.15, 0.2) is 83.4 Å². The number of benzene rings is 2. The van der Waals surface area contributed by atoms with Crippen LogP contribution in [0.4, 0.5) is 5.69 Å². The Morgan fingerprint density at radius 2 is 1.86 bits per heavy atom. The summed E-state index contributed by atoms with van der Waals surface area (Å²) in [5.41, 5.74) is 2.42. The Hall–Kier alpha value is -3.67. The van der Waals surface area contributed by atoms with E-state index in [4.69, 9.17) is 5.41 Å². The van der Waals surface area contributed by atoms with Crippen LogP contribution in [0.3, 0.4) is 0 Å².